The zero-order valence-electron chi connectivity index (χ0n) is 17.4. The third-order valence-corrected chi connectivity index (χ3v) is 5.35. The Labute approximate surface area is 173 Å². The lowest BCUT2D eigenvalue weighted by atomic mass is 9.96. The Morgan fingerprint density at radius 1 is 1.07 bits per heavy atom. The van der Waals surface area contributed by atoms with Crippen molar-refractivity contribution < 1.29 is 14.6 Å². The number of nitrogens with zero attached hydrogens (tertiary/aromatic N) is 1. The average Bonchev–Trinajstić information content (AvgIpc) is 3.56. The molecule has 0 spiro atoms. The molecule has 0 heterocycles. The van der Waals surface area contributed by atoms with Gasteiger partial charge < -0.3 is 25.2 Å². The molecular weight excluding hydrogens is 366 g/mol. The minimum absolute atomic E-state index is 0.155. The van der Waals surface area contributed by atoms with Crippen LogP contribution in [0.25, 0.3) is 0 Å². The average molecular weight is 398 g/mol. The fourth-order valence-electron chi connectivity index (χ4n) is 3.39. The molecule has 0 bridgehead atoms. The first-order valence-corrected chi connectivity index (χ1v) is 10.1. The van der Waals surface area contributed by atoms with Crippen LogP contribution in [0.2, 0.25) is 0 Å². The highest BCUT2D eigenvalue weighted by atomic mass is 16.5. The maximum Gasteiger partial charge on any atom is 0.191 e. The first-order chi connectivity index (χ1) is 14.1. The van der Waals surface area contributed by atoms with Gasteiger partial charge in [-0.15, -0.1) is 0 Å². The first kappa shape index (κ1) is 21.0. The first-order valence-electron chi connectivity index (χ1n) is 10.1. The van der Waals surface area contributed by atoms with Gasteiger partial charge in [0.05, 0.1) is 26.9 Å². The highest BCUT2D eigenvalue weighted by Gasteiger charge is 2.43. The molecule has 29 heavy (non-hydrogen) atoms. The van der Waals surface area contributed by atoms with Crippen molar-refractivity contribution in [3.05, 3.63) is 59.7 Å². The summed E-state index contributed by atoms with van der Waals surface area (Å²) >= 11 is 0. The van der Waals surface area contributed by atoms with Crippen molar-refractivity contribution in [2.75, 3.05) is 33.9 Å². The molecule has 2 aromatic carbocycles. The Bertz CT molecular complexity index is 797. The van der Waals surface area contributed by atoms with E-state index in [-0.39, 0.29) is 5.41 Å². The van der Waals surface area contributed by atoms with E-state index >= 15 is 0 Å². The van der Waals surface area contributed by atoms with Crippen LogP contribution in [0.3, 0.4) is 0 Å². The zero-order valence-corrected chi connectivity index (χ0v) is 17.4. The van der Waals surface area contributed by atoms with Gasteiger partial charge in [0, 0.05) is 24.6 Å². The van der Waals surface area contributed by atoms with Crippen molar-refractivity contribution in [3.8, 4) is 11.5 Å². The van der Waals surface area contributed by atoms with Crippen molar-refractivity contribution in [1.29, 1.82) is 0 Å². The third-order valence-electron chi connectivity index (χ3n) is 5.35. The van der Waals surface area contributed by atoms with Gasteiger partial charge in [-0.2, -0.15) is 0 Å². The monoisotopic (exact) mass is 397 g/mol. The van der Waals surface area contributed by atoms with Crippen molar-refractivity contribution in [2.45, 2.75) is 31.3 Å². The fraction of sp³-hybridized carbons (Fsp3) is 0.435. The number of aliphatic imine (C=N–C) groups is 1. The number of guanidine groups is 1. The number of rotatable bonds is 9. The molecule has 0 radical (unpaired) electrons. The molecule has 0 aliphatic heterocycles. The van der Waals surface area contributed by atoms with Crippen LogP contribution in [-0.2, 0) is 5.41 Å². The van der Waals surface area contributed by atoms with Gasteiger partial charge in [-0.05, 0) is 43.0 Å². The lowest BCUT2D eigenvalue weighted by molar-refractivity contribution is 0.180. The van der Waals surface area contributed by atoms with Gasteiger partial charge in [0.1, 0.15) is 11.5 Å². The number of benzene rings is 2. The lowest BCUT2D eigenvalue weighted by Gasteiger charge is -2.18. The minimum atomic E-state index is -0.716. The number of aliphatic hydroxyl groups is 1. The quantitative estimate of drug-likeness (QED) is 0.448. The second-order valence-electron chi connectivity index (χ2n) is 7.38. The second-order valence-corrected chi connectivity index (χ2v) is 7.38. The number of aliphatic hydroxyl groups excluding tert-OH is 1. The van der Waals surface area contributed by atoms with Crippen LogP contribution in [-0.4, -0.2) is 44.9 Å². The van der Waals surface area contributed by atoms with Crippen LogP contribution in [0.15, 0.2) is 53.5 Å². The van der Waals surface area contributed by atoms with Crippen LogP contribution in [0, 0.1) is 0 Å². The maximum atomic E-state index is 10.6. The second kappa shape index (κ2) is 9.65. The predicted molar refractivity (Wildman–Crippen MR) is 116 cm³/mol. The molecule has 6 nitrogen and oxygen atoms in total. The summed E-state index contributed by atoms with van der Waals surface area (Å²) < 4.78 is 10.6. The van der Waals surface area contributed by atoms with E-state index in [1.807, 2.05) is 25.1 Å². The number of nitrogens with one attached hydrogen (secondary N) is 2. The molecule has 156 valence electrons. The summed E-state index contributed by atoms with van der Waals surface area (Å²) in [5, 5.41) is 17.2. The van der Waals surface area contributed by atoms with E-state index in [2.05, 4.69) is 34.9 Å². The van der Waals surface area contributed by atoms with Gasteiger partial charge in [-0.1, -0.05) is 30.3 Å². The van der Waals surface area contributed by atoms with E-state index in [1.165, 1.54) is 5.56 Å². The Hall–Kier alpha value is -2.73. The van der Waals surface area contributed by atoms with Gasteiger partial charge in [-0.25, -0.2) is 0 Å². The van der Waals surface area contributed by atoms with E-state index in [4.69, 9.17) is 14.5 Å². The predicted octanol–water partition coefficient (Wildman–Crippen LogP) is 3.02. The Kier molecular flexibility index (Phi) is 6.99. The summed E-state index contributed by atoms with van der Waals surface area (Å²) in [7, 11) is 3.19. The Morgan fingerprint density at radius 3 is 2.28 bits per heavy atom. The molecule has 1 fully saturated rings. The van der Waals surface area contributed by atoms with E-state index in [0.29, 0.717) is 24.0 Å². The number of hydrogen-bond acceptors (Lipinski definition) is 4. The molecule has 1 atom stereocenters. The molecule has 1 unspecified atom stereocenters. The topological polar surface area (TPSA) is 75.1 Å². The van der Waals surface area contributed by atoms with Gasteiger partial charge in [0.2, 0.25) is 0 Å². The third kappa shape index (κ3) is 5.41. The summed E-state index contributed by atoms with van der Waals surface area (Å²) in [4.78, 5) is 4.79. The van der Waals surface area contributed by atoms with Crippen molar-refractivity contribution in [3.63, 3.8) is 0 Å². The summed E-state index contributed by atoms with van der Waals surface area (Å²) in [5.41, 5.74) is 2.23. The lowest BCUT2D eigenvalue weighted by Crippen LogP contribution is -2.40. The van der Waals surface area contributed by atoms with Crippen molar-refractivity contribution >= 4 is 5.96 Å². The van der Waals surface area contributed by atoms with Gasteiger partial charge in [0.25, 0.3) is 0 Å². The largest absolute Gasteiger partial charge is 0.497 e. The number of hydrogen-bond donors (Lipinski definition) is 3. The molecule has 2 aromatic rings. The molecular formula is C23H31N3O3. The van der Waals surface area contributed by atoms with Crippen molar-refractivity contribution in [2.24, 2.45) is 4.99 Å². The minimum Gasteiger partial charge on any atom is -0.497 e. The normalized spacial score (nSPS) is 16.1. The molecule has 0 aromatic heterocycles. The van der Waals surface area contributed by atoms with E-state index < -0.39 is 6.10 Å². The molecule has 6 heteroatoms. The maximum absolute atomic E-state index is 10.6. The SMILES string of the molecule is CCNC(=NCC1(c2ccccc2)CC1)NCC(O)c1cc(OC)cc(OC)c1. The van der Waals surface area contributed by atoms with Gasteiger partial charge in [0.15, 0.2) is 5.96 Å². The molecule has 1 aliphatic rings. The van der Waals surface area contributed by atoms with Crippen LogP contribution in [0.4, 0.5) is 0 Å². The highest BCUT2D eigenvalue weighted by molar-refractivity contribution is 5.79. The van der Waals surface area contributed by atoms with Crippen LogP contribution in [0.5, 0.6) is 11.5 Å². The molecule has 3 rings (SSSR count). The number of methoxy groups -OCH3 is 2. The summed E-state index contributed by atoms with van der Waals surface area (Å²) in [6, 6.07) is 16.0. The molecule has 1 saturated carbocycles. The summed E-state index contributed by atoms with van der Waals surface area (Å²) in [6.07, 6.45) is 1.60. The standard InChI is InChI=1S/C23H31N3O3/c1-4-24-22(26-16-23(10-11-23)18-8-6-5-7-9-18)25-15-21(27)17-12-19(28-2)14-20(13-17)29-3/h5-9,12-14,21,27H,4,10-11,15-16H2,1-3H3,(H2,24,25,26). The van der Waals surface area contributed by atoms with E-state index in [1.54, 1.807) is 20.3 Å². The van der Waals surface area contributed by atoms with E-state index in [0.717, 1.165) is 31.5 Å². The van der Waals surface area contributed by atoms with Crippen molar-refractivity contribution in [1.82, 2.24) is 10.6 Å². The Balaban J connectivity index is 1.64. The molecule has 0 amide bonds. The van der Waals surface area contributed by atoms with Crippen LogP contribution in [0.1, 0.15) is 37.0 Å². The van der Waals surface area contributed by atoms with E-state index in [9.17, 15) is 5.11 Å². The Morgan fingerprint density at radius 2 is 1.72 bits per heavy atom. The number of ether oxygens (including phenoxy) is 2. The highest BCUT2D eigenvalue weighted by Crippen LogP contribution is 2.48. The van der Waals surface area contributed by atoms with Gasteiger partial charge in [-0.3, -0.25) is 4.99 Å². The molecule has 3 N–H and O–H groups in total. The zero-order chi connectivity index (χ0) is 20.7. The summed E-state index contributed by atoms with van der Waals surface area (Å²) in [6.45, 7) is 3.85. The molecule has 0 saturated heterocycles. The van der Waals surface area contributed by atoms with Gasteiger partial charge >= 0.3 is 0 Å². The summed E-state index contributed by atoms with van der Waals surface area (Å²) in [5.74, 6) is 2.01. The van der Waals surface area contributed by atoms with Crippen LogP contribution < -0.4 is 20.1 Å². The molecule has 1 aliphatic carbocycles. The smallest absolute Gasteiger partial charge is 0.191 e. The fourth-order valence-corrected chi connectivity index (χ4v) is 3.39. The van der Waals surface area contributed by atoms with Crippen LogP contribution >= 0.6 is 0 Å².